The molecule has 6 rings (SSSR count). The Balaban J connectivity index is 1.46. The van der Waals surface area contributed by atoms with E-state index >= 15 is 0 Å². The van der Waals surface area contributed by atoms with Crippen LogP contribution in [0.1, 0.15) is 48.4 Å². The number of carbonyl (C=O) groups is 1. The van der Waals surface area contributed by atoms with E-state index in [2.05, 4.69) is 61.5 Å². The van der Waals surface area contributed by atoms with E-state index in [9.17, 15) is 4.79 Å². The minimum atomic E-state index is 0.191. The first-order valence-corrected chi connectivity index (χ1v) is 13.7. The predicted octanol–water partition coefficient (Wildman–Crippen LogP) is 7.52. The smallest absolute Gasteiger partial charge is 0.231 e. The molecular weight excluding hydrogens is 470 g/mol. The maximum Gasteiger partial charge on any atom is 0.231 e. The fourth-order valence-electron chi connectivity index (χ4n) is 5.37. The molecule has 1 saturated carbocycles. The van der Waals surface area contributed by atoms with Crippen LogP contribution in [0.15, 0.2) is 91.0 Å². The summed E-state index contributed by atoms with van der Waals surface area (Å²) in [4.78, 5) is 15.1. The summed E-state index contributed by atoms with van der Waals surface area (Å²) in [7, 11) is 0. The van der Waals surface area contributed by atoms with Gasteiger partial charge in [-0.3, -0.25) is 4.79 Å². The number of amides is 1. The molecule has 1 aliphatic carbocycles. The van der Waals surface area contributed by atoms with Gasteiger partial charge < -0.3 is 14.4 Å². The highest BCUT2D eigenvalue weighted by Crippen LogP contribution is 2.48. The van der Waals surface area contributed by atoms with Gasteiger partial charge in [-0.1, -0.05) is 86.1 Å². The van der Waals surface area contributed by atoms with Gasteiger partial charge in [0.1, 0.15) is 24.7 Å². The fourth-order valence-corrected chi connectivity index (χ4v) is 5.37. The largest absolute Gasteiger partial charge is 0.488 e. The van der Waals surface area contributed by atoms with E-state index in [0.717, 1.165) is 70.7 Å². The second-order valence-corrected chi connectivity index (χ2v) is 10.2. The molecule has 0 saturated heterocycles. The van der Waals surface area contributed by atoms with Gasteiger partial charge in [-0.05, 0) is 65.3 Å². The van der Waals surface area contributed by atoms with Crippen LogP contribution in [0, 0.1) is 0 Å². The lowest BCUT2D eigenvalue weighted by Crippen LogP contribution is -2.28. The minimum Gasteiger partial charge on any atom is -0.488 e. The van der Waals surface area contributed by atoms with Crippen LogP contribution in [0.3, 0.4) is 0 Å². The number of ether oxygens (including phenoxy) is 2. The molecule has 38 heavy (non-hydrogen) atoms. The normalized spacial score (nSPS) is 14.4. The molecule has 0 radical (unpaired) electrons. The van der Waals surface area contributed by atoms with E-state index in [4.69, 9.17) is 9.47 Å². The summed E-state index contributed by atoms with van der Waals surface area (Å²) < 4.78 is 13.1. The second kappa shape index (κ2) is 10.7. The van der Waals surface area contributed by atoms with E-state index in [-0.39, 0.29) is 5.91 Å². The number of benzene rings is 4. The first kappa shape index (κ1) is 24.3. The van der Waals surface area contributed by atoms with Gasteiger partial charge in [0.2, 0.25) is 5.91 Å². The summed E-state index contributed by atoms with van der Waals surface area (Å²) >= 11 is 0. The maximum atomic E-state index is 13.1. The highest BCUT2D eigenvalue weighted by molar-refractivity contribution is 6.05. The number of fused-ring (bicyclic) bond motifs is 1. The number of anilines is 1. The van der Waals surface area contributed by atoms with Crippen molar-refractivity contribution >= 4 is 11.6 Å². The van der Waals surface area contributed by atoms with Crippen LogP contribution in [-0.2, 0) is 30.8 Å². The number of hydrogen-bond donors (Lipinski definition) is 0. The van der Waals surface area contributed by atoms with Crippen molar-refractivity contribution in [3.63, 3.8) is 0 Å². The standard InChI is InChI=1S/C34H33NO3/c1-2-10-26-19-31(37-22-24-11-5-3-6-12-24)34(32(20-26)38-23-25-13-7-4-8-14-25)28-15-9-16-30-29(28)21-33(36)35(30)27-17-18-27/h3-9,11-16,19-20,27H,2,10,17-18,21-23H2,1H3. The van der Waals surface area contributed by atoms with Crippen LogP contribution in [-0.4, -0.2) is 11.9 Å². The van der Waals surface area contributed by atoms with Crippen molar-refractivity contribution < 1.29 is 14.3 Å². The molecule has 4 heteroatoms. The monoisotopic (exact) mass is 503 g/mol. The van der Waals surface area contributed by atoms with Crippen LogP contribution in [0.25, 0.3) is 11.1 Å². The third-order valence-corrected chi connectivity index (χ3v) is 7.33. The van der Waals surface area contributed by atoms with Gasteiger partial charge in [-0.2, -0.15) is 0 Å². The third kappa shape index (κ3) is 5.04. The highest BCUT2D eigenvalue weighted by Gasteiger charge is 2.40. The van der Waals surface area contributed by atoms with Crippen LogP contribution >= 0.6 is 0 Å². The summed E-state index contributed by atoms with van der Waals surface area (Å²) in [5.41, 5.74) is 7.47. The number of rotatable bonds is 10. The second-order valence-electron chi connectivity index (χ2n) is 10.2. The van der Waals surface area contributed by atoms with E-state index in [1.165, 1.54) is 5.56 Å². The molecule has 1 fully saturated rings. The molecular formula is C34H33NO3. The lowest BCUT2D eigenvalue weighted by molar-refractivity contribution is -0.117. The quantitative estimate of drug-likeness (QED) is 0.225. The van der Waals surface area contributed by atoms with Gasteiger partial charge in [0.25, 0.3) is 0 Å². The lowest BCUT2D eigenvalue weighted by atomic mass is 9.94. The van der Waals surface area contributed by atoms with Gasteiger partial charge in [-0.25, -0.2) is 0 Å². The van der Waals surface area contributed by atoms with Crippen molar-refractivity contribution in [2.45, 2.75) is 58.3 Å². The van der Waals surface area contributed by atoms with Gasteiger partial charge in [0, 0.05) is 11.7 Å². The molecule has 0 N–H and O–H groups in total. The van der Waals surface area contributed by atoms with Crippen molar-refractivity contribution in [1.29, 1.82) is 0 Å². The Morgan fingerprint density at radius 3 is 1.92 bits per heavy atom. The predicted molar refractivity (Wildman–Crippen MR) is 152 cm³/mol. The van der Waals surface area contributed by atoms with Crippen molar-refractivity contribution in [2.24, 2.45) is 0 Å². The molecule has 4 aromatic carbocycles. The van der Waals surface area contributed by atoms with Gasteiger partial charge in [0.05, 0.1) is 12.0 Å². The van der Waals surface area contributed by atoms with Gasteiger partial charge >= 0.3 is 0 Å². The minimum absolute atomic E-state index is 0.191. The molecule has 0 atom stereocenters. The number of nitrogens with zero attached hydrogens (tertiary/aromatic N) is 1. The van der Waals surface area contributed by atoms with Crippen LogP contribution in [0.2, 0.25) is 0 Å². The maximum absolute atomic E-state index is 13.1. The van der Waals surface area contributed by atoms with E-state index in [0.29, 0.717) is 25.7 Å². The summed E-state index contributed by atoms with van der Waals surface area (Å²) in [6, 6.07) is 31.4. The highest BCUT2D eigenvalue weighted by atomic mass is 16.5. The van der Waals surface area contributed by atoms with E-state index in [1.54, 1.807) is 0 Å². The summed E-state index contributed by atoms with van der Waals surface area (Å²) in [5.74, 6) is 1.79. The zero-order valence-corrected chi connectivity index (χ0v) is 21.9. The Morgan fingerprint density at radius 2 is 1.37 bits per heavy atom. The average Bonchev–Trinajstić information content (AvgIpc) is 3.72. The van der Waals surface area contributed by atoms with Crippen molar-refractivity contribution in [2.75, 3.05) is 4.90 Å². The zero-order valence-electron chi connectivity index (χ0n) is 21.9. The molecule has 2 aliphatic rings. The SMILES string of the molecule is CCCc1cc(OCc2ccccc2)c(-c2cccc3c2CC(=O)N3C2CC2)c(OCc2ccccc2)c1. The molecule has 0 aromatic heterocycles. The lowest BCUT2D eigenvalue weighted by Gasteiger charge is -2.21. The number of aryl methyl sites for hydroxylation is 1. The molecule has 4 nitrogen and oxygen atoms in total. The van der Waals surface area contributed by atoms with Crippen molar-refractivity contribution in [3.8, 4) is 22.6 Å². The molecule has 1 aliphatic heterocycles. The summed E-state index contributed by atoms with van der Waals surface area (Å²) in [6.45, 7) is 3.11. The van der Waals surface area contributed by atoms with Crippen molar-refractivity contribution in [3.05, 3.63) is 113 Å². The molecule has 4 aromatic rings. The Morgan fingerprint density at radius 1 is 0.763 bits per heavy atom. The van der Waals surface area contributed by atoms with Crippen molar-refractivity contribution in [1.82, 2.24) is 0 Å². The Hall–Kier alpha value is -4.05. The Kier molecular flexibility index (Phi) is 6.87. The van der Waals surface area contributed by atoms with E-state index in [1.807, 2.05) is 41.3 Å². The third-order valence-electron chi connectivity index (χ3n) is 7.33. The molecule has 0 unspecified atom stereocenters. The zero-order chi connectivity index (χ0) is 25.9. The first-order chi connectivity index (χ1) is 18.7. The average molecular weight is 504 g/mol. The van der Waals surface area contributed by atoms with Crippen LogP contribution in [0.4, 0.5) is 5.69 Å². The molecule has 0 spiro atoms. The molecule has 192 valence electrons. The topological polar surface area (TPSA) is 38.8 Å². The fraction of sp³-hybridized carbons (Fsp3) is 0.265. The summed E-state index contributed by atoms with van der Waals surface area (Å²) in [5, 5.41) is 0. The van der Waals surface area contributed by atoms with Gasteiger partial charge in [-0.15, -0.1) is 0 Å². The Labute approximate surface area is 224 Å². The van der Waals surface area contributed by atoms with Crippen LogP contribution < -0.4 is 14.4 Å². The number of carbonyl (C=O) groups excluding carboxylic acids is 1. The first-order valence-electron chi connectivity index (χ1n) is 13.7. The Bertz CT molecular complexity index is 1360. The number of hydrogen-bond acceptors (Lipinski definition) is 3. The van der Waals surface area contributed by atoms with Gasteiger partial charge in [0.15, 0.2) is 0 Å². The molecule has 1 amide bonds. The molecule has 1 heterocycles. The molecule has 0 bridgehead atoms. The van der Waals surface area contributed by atoms with Crippen LogP contribution in [0.5, 0.6) is 11.5 Å². The summed E-state index contributed by atoms with van der Waals surface area (Å²) in [6.07, 6.45) is 4.54. The van der Waals surface area contributed by atoms with E-state index < -0.39 is 0 Å².